The number of nitrogens with one attached hydrogen (secondary N) is 1. The predicted octanol–water partition coefficient (Wildman–Crippen LogP) is 1.01. The molecule has 0 bridgehead atoms. The summed E-state index contributed by atoms with van der Waals surface area (Å²) in [7, 11) is 1.56. The fraction of sp³-hybridized carbons (Fsp3) is 0.273. The lowest BCUT2D eigenvalue weighted by Crippen LogP contribution is -2.25. The van der Waals surface area contributed by atoms with Crippen LogP contribution in [0.1, 0.15) is 18.4 Å². The molecule has 1 heterocycles. The number of hydrogen-bond acceptors (Lipinski definition) is 4. The van der Waals surface area contributed by atoms with Gasteiger partial charge in [0.25, 0.3) is 0 Å². The first kappa shape index (κ1) is 10.5. The number of carbonyl (C=O) groups is 1. The molecule has 0 spiro atoms. The molecule has 1 aliphatic rings. The molecule has 0 radical (unpaired) electrons. The Morgan fingerprint density at radius 1 is 1.44 bits per heavy atom. The van der Waals surface area contributed by atoms with Crippen molar-refractivity contribution >= 4 is 11.6 Å². The summed E-state index contributed by atoms with van der Waals surface area (Å²) in [6.07, 6.45) is 0.905. The number of rotatable bonds is 2. The van der Waals surface area contributed by atoms with E-state index < -0.39 is 0 Å². The van der Waals surface area contributed by atoms with Gasteiger partial charge in [-0.3, -0.25) is 4.79 Å². The second kappa shape index (κ2) is 4.22. The second-order valence-corrected chi connectivity index (χ2v) is 3.48. The van der Waals surface area contributed by atoms with Crippen molar-refractivity contribution < 1.29 is 14.6 Å². The Morgan fingerprint density at radius 2 is 2.25 bits per heavy atom. The Labute approximate surface area is 92.7 Å². The zero-order valence-corrected chi connectivity index (χ0v) is 8.86. The van der Waals surface area contributed by atoms with Crippen molar-refractivity contribution in [1.82, 2.24) is 5.43 Å². The Balaban J connectivity index is 2.35. The van der Waals surface area contributed by atoms with Gasteiger partial charge in [-0.1, -0.05) is 0 Å². The van der Waals surface area contributed by atoms with Gasteiger partial charge in [-0.25, -0.2) is 5.43 Å². The van der Waals surface area contributed by atoms with Gasteiger partial charge < -0.3 is 9.84 Å². The summed E-state index contributed by atoms with van der Waals surface area (Å²) < 4.78 is 5.07. The van der Waals surface area contributed by atoms with Crippen LogP contribution in [-0.4, -0.2) is 23.8 Å². The molecular weight excluding hydrogens is 208 g/mol. The first-order valence-corrected chi connectivity index (χ1v) is 4.93. The molecule has 2 rings (SSSR count). The van der Waals surface area contributed by atoms with Gasteiger partial charge >= 0.3 is 0 Å². The molecule has 1 amide bonds. The van der Waals surface area contributed by atoms with Crippen LogP contribution in [0.25, 0.3) is 0 Å². The number of carbonyl (C=O) groups excluding carboxylic acids is 1. The molecule has 1 aromatic rings. The maximum absolute atomic E-state index is 10.9. The van der Waals surface area contributed by atoms with Gasteiger partial charge in [-0.05, 0) is 18.2 Å². The molecule has 0 fully saturated rings. The van der Waals surface area contributed by atoms with Crippen LogP contribution in [0.3, 0.4) is 0 Å². The molecule has 0 atom stereocenters. The number of ether oxygens (including phenoxy) is 1. The van der Waals surface area contributed by atoms with E-state index in [1.807, 2.05) is 0 Å². The number of nitrogens with zero attached hydrogens (tertiary/aromatic N) is 1. The van der Waals surface area contributed by atoms with Gasteiger partial charge in [0.1, 0.15) is 11.5 Å². The number of methoxy groups -OCH3 is 1. The number of aromatic hydroxyl groups is 1. The average molecular weight is 220 g/mol. The molecule has 1 aliphatic heterocycles. The largest absolute Gasteiger partial charge is 0.507 e. The maximum Gasteiger partial charge on any atom is 0.240 e. The summed E-state index contributed by atoms with van der Waals surface area (Å²) in [6, 6.07) is 4.92. The number of hydrazone groups is 1. The lowest BCUT2D eigenvalue weighted by Gasteiger charge is -2.13. The van der Waals surface area contributed by atoms with Crippen molar-refractivity contribution in [2.24, 2.45) is 5.10 Å². The van der Waals surface area contributed by atoms with E-state index in [2.05, 4.69) is 10.5 Å². The van der Waals surface area contributed by atoms with Crippen LogP contribution in [0.5, 0.6) is 11.5 Å². The van der Waals surface area contributed by atoms with E-state index in [-0.39, 0.29) is 11.7 Å². The minimum absolute atomic E-state index is 0.105. The van der Waals surface area contributed by atoms with Crippen molar-refractivity contribution in [2.75, 3.05) is 7.11 Å². The molecule has 5 heteroatoms. The highest BCUT2D eigenvalue weighted by Crippen LogP contribution is 2.25. The summed E-state index contributed by atoms with van der Waals surface area (Å²) in [6.45, 7) is 0. The highest BCUT2D eigenvalue weighted by atomic mass is 16.5. The number of hydrogen-bond donors (Lipinski definition) is 2. The molecule has 1 aromatic carbocycles. The molecule has 84 valence electrons. The van der Waals surface area contributed by atoms with E-state index in [0.717, 1.165) is 0 Å². The molecule has 0 aliphatic carbocycles. The first-order valence-electron chi connectivity index (χ1n) is 4.93. The van der Waals surface area contributed by atoms with Crippen LogP contribution >= 0.6 is 0 Å². The Morgan fingerprint density at radius 3 is 2.88 bits per heavy atom. The SMILES string of the molecule is COc1ccc(O)c(C2=NNC(=O)CC2)c1. The van der Waals surface area contributed by atoms with Gasteiger partial charge in [0.15, 0.2) is 0 Å². The quantitative estimate of drug-likeness (QED) is 0.781. The number of benzene rings is 1. The zero-order chi connectivity index (χ0) is 11.5. The minimum Gasteiger partial charge on any atom is -0.507 e. The Hall–Kier alpha value is -2.04. The van der Waals surface area contributed by atoms with E-state index in [1.54, 1.807) is 25.3 Å². The predicted molar refractivity (Wildman–Crippen MR) is 58.6 cm³/mol. The Bertz CT molecular complexity index is 455. The average Bonchev–Trinajstić information content (AvgIpc) is 2.31. The molecule has 0 unspecified atom stereocenters. The van der Waals surface area contributed by atoms with Crippen LogP contribution < -0.4 is 10.2 Å². The van der Waals surface area contributed by atoms with Gasteiger partial charge in [-0.2, -0.15) is 5.10 Å². The van der Waals surface area contributed by atoms with Gasteiger partial charge in [0.05, 0.1) is 12.8 Å². The van der Waals surface area contributed by atoms with Crippen LogP contribution in [-0.2, 0) is 4.79 Å². The highest BCUT2D eigenvalue weighted by molar-refractivity contribution is 6.06. The topological polar surface area (TPSA) is 70.9 Å². The van der Waals surface area contributed by atoms with E-state index >= 15 is 0 Å². The molecule has 0 saturated heterocycles. The molecule has 2 N–H and O–H groups in total. The van der Waals surface area contributed by atoms with Gasteiger partial charge in [0.2, 0.25) is 5.91 Å². The van der Waals surface area contributed by atoms with Crippen molar-refractivity contribution in [3.63, 3.8) is 0 Å². The summed E-state index contributed by atoms with van der Waals surface area (Å²) in [4.78, 5) is 10.9. The number of amides is 1. The third kappa shape index (κ3) is 1.98. The van der Waals surface area contributed by atoms with E-state index in [1.165, 1.54) is 0 Å². The van der Waals surface area contributed by atoms with E-state index in [4.69, 9.17) is 4.74 Å². The van der Waals surface area contributed by atoms with Gasteiger partial charge in [0, 0.05) is 18.4 Å². The smallest absolute Gasteiger partial charge is 0.240 e. The summed E-state index contributed by atoms with van der Waals surface area (Å²) >= 11 is 0. The standard InChI is InChI=1S/C11H12N2O3/c1-16-7-2-4-10(14)8(6-7)9-3-5-11(15)13-12-9/h2,4,6,14H,3,5H2,1H3,(H,13,15). The molecule has 5 nitrogen and oxygen atoms in total. The maximum atomic E-state index is 10.9. The molecular formula is C11H12N2O3. The monoisotopic (exact) mass is 220 g/mol. The lowest BCUT2D eigenvalue weighted by molar-refractivity contribution is -0.121. The second-order valence-electron chi connectivity index (χ2n) is 3.48. The summed E-state index contributed by atoms with van der Waals surface area (Å²) in [5, 5.41) is 13.6. The Kier molecular flexibility index (Phi) is 2.76. The van der Waals surface area contributed by atoms with Crippen molar-refractivity contribution in [2.45, 2.75) is 12.8 Å². The zero-order valence-electron chi connectivity index (χ0n) is 8.86. The molecule has 0 saturated carbocycles. The fourth-order valence-corrected chi connectivity index (χ4v) is 1.54. The highest BCUT2D eigenvalue weighted by Gasteiger charge is 2.16. The van der Waals surface area contributed by atoms with Crippen LogP contribution in [0.4, 0.5) is 0 Å². The first-order chi connectivity index (χ1) is 7.70. The van der Waals surface area contributed by atoms with E-state index in [0.29, 0.717) is 29.9 Å². The van der Waals surface area contributed by atoms with Crippen molar-refractivity contribution in [3.8, 4) is 11.5 Å². The number of phenolic OH excluding ortho intramolecular Hbond substituents is 1. The van der Waals surface area contributed by atoms with Crippen molar-refractivity contribution in [1.29, 1.82) is 0 Å². The third-order valence-electron chi connectivity index (χ3n) is 2.42. The van der Waals surface area contributed by atoms with Gasteiger partial charge in [-0.15, -0.1) is 0 Å². The fourth-order valence-electron chi connectivity index (χ4n) is 1.54. The summed E-state index contributed by atoms with van der Waals surface area (Å²) in [5.41, 5.74) is 3.65. The lowest BCUT2D eigenvalue weighted by atomic mass is 10.0. The normalized spacial score (nSPS) is 15.3. The molecule has 0 aromatic heterocycles. The third-order valence-corrected chi connectivity index (χ3v) is 2.42. The van der Waals surface area contributed by atoms with Crippen molar-refractivity contribution in [3.05, 3.63) is 23.8 Å². The van der Waals surface area contributed by atoms with Crippen LogP contribution in [0.2, 0.25) is 0 Å². The minimum atomic E-state index is -0.105. The number of phenols is 1. The molecule has 16 heavy (non-hydrogen) atoms. The van der Waals surface area contributed by atoms with Crippen LogP contribution in [0.15, 0.2) is 23.3 Å². The van der Waals surface area contributed by atoms with Crippen LogP contribution in [0, 0.1) is 0 Å². The van der Waals surface area contributed by atoms with E-state index in [9.17, 15) is 9.90 Å². The summed E-state index contributed by atoms with van der Waals surface area (Å²) in [5.74, 6) is 0.675.